The lowest BCUT2D eigenvalue weighted by atomic mass is 10.2. The van der Waals surface area contributed by atoms with Crippen LogP contribution in [0.5, 0.6) is 0 Å². The maximum atomic E-state index is 12.3. The number of pyridine rings is 1. The molecule has 0 unspecified atom stereocenters. The van der Waals surface area contributed by atoms with Gasteiger partial charge in [0.15, 0.2) is 0 Å². The fraction of sp³-hybridized carbons (Fsp3) is 0.500. The third-order valence-corrected chi connectivity index (χ3v) is 3.29. The number of hydrogen-bond donors (Lipinski definition) is 1. The number of urea groups is 1. The molecule has 1 aromatic heterocycles. The van der Waals surface area contributed by atoms with Crippen molar-refractivity contribution >= 4 is 11.9 Å². The minimum atomic E-state index is -0.0655. The minimum absolute atomic E-state index is 0.0618. The number of aryl methyl sites for hydroxylation is 1. The average molecular weight is 276 g/mol. The van der Waals surface area contributed by atoms with Crippen LogP contribution in [-0.2, 0) is 0 Å². The van der Waals surface area contributed by atoms with Crippen LogP contribution in [0.4, 0.5) is 4.79 Å². The summed E-state index contributed by atoms with van der Waals surface area (Å²) in [5, 5.41) is 2.77. The van der Waals surface area contributed by atoms with Crippen molar-refractivity contribution in [2.45, 2.75) is 13.8 Å². The highest BCUT2D eigenvalue weighted by Gasteiger charge is 2.25. The van der Waals surface area contributed by atoms with Crippen molar-refractivity contribution in [1.29, 1.82) is 0 Å². The summed E-state index contributed by atoms with van der Waals surface area (Å²) >= 11 is 0. The first kappa shape index (κ1) is 14.3. The summed E-state index contributed by atoms with van der Waals surface area (Å²) in [6, 6.07) is 5.36. The summed E-state index contributed by atoms with van der Waals surface area (Å²) in [5.74, 6) is -0.0655. The molecule has 108 valence electrons. The molecule has 0 aromatic carbocycles. The molecular formula is C14H20N4O2. The van der Waals surface area contributed by atoms with E-state index in [2.05, 4.69) is 10.3 Å². The van der Waals surface area contributed by atoms with Crippen LogP contribution in [0.25, 0.3) is 0 Å². The van der Waals surface area contributed by atoms with Crippen LogP contribution >= 0.6 is 0 Å². The van der Waals surface area contributed by atoms with E-state index in [1.54, 1.807) is 15.9 Å². The number of amides is 3. The molecule has 3 amide bonds. The smallest absolute Gasteiger partial charge is 0.317 e. The summed E-state index contributed by atoms with van der Waals surface area (Å²) in [6.07, 6.45) is 0. The summed E-state index contributed by atoms with van der Waals surface area (Å²) in [4.78, 5) is 31.7. The summed E-state index contributed by atoms with van der Waals surface area (Å²) < 4.78 is 0. The van der Waals surface area contributed by atoms with E-state index >= 15 is 0 Å². The van der Waals surface area contributed by atoms with E-state index in [1.165, 1.54) is 0 Å². The second kappa shape index (κ2) is 6.36. The first-order valence-electron chi connectivity index (χ1n) is 6.87. The maximum Gasteiger partial charge on any atom is 0.317 e. The first-order chi connectivity index (χ1) is 9.61. The predicted octanol–water partition coefficient (Wildman–Crippen LogP) is 0.877. The fourth-order valence-electron chi connectivity index (χ4n) is 2.20. The van der Waals surface area contributed by atoms with E-state index in [0.717, 1.165) is 5.69 Å². The lowest BCUT2D eigenvalue weighted by Crippen LogP contribution is -2.53. The van der Waals surface area contributed by atoms with Gasteiger partial charge in [-0.3, -0.25) is 4.79 Å². The first-order valence-corrected chi connectivity index (χ1v) is 6.87. The van der Waals surface area contributed by atoms with Gasteiger partial charge in [-0.05, 0) is 26.0 Å². The van der Waals surface area contributed by atoms with Crippen molar-refractivity contribution in [1.82, 2.24) is 20.1 Å². The molecule has 1 N–H and O–H groups in total. The van der Waals surface area contributed by atoms with Gasteiger partial charge >= 0.3 is 6.03 Å². The van der Waals surface area contributed by atoms with E-state index in [9.17, 15) is 9.59 Å². The molecule has 0 aliphatic carbocycles. The van der Waals surface area contributed by atoms with E-state index in [4.69, 9.17) is 0 Å². The molecule has 0 atom stereocenters. The van der Waals surface area contributed by atoms with E-state index in [0.29, 0.717) is 38.4 Å². The standard InChI is InChI=1S/C14H20N4O2/c1-3-15-14(20)18-9-7-17(8-10-18)13(19)12-6-4-5-11(2)16-12/h4-6H,3,7-10H2,1-2H3,(H,15,20). The Morgan fingerprint density at radius 1 is 1.20 bits per heavy atom. The molecule has 1 aliphatic rings. The van der Waals surface area contributed by atoms with Crippen LogP contribution in [-0.4, -0.2) is 59.4 Å². The lowest BCUT2D eigenvalue weighted by Gasteiger charge is -2.34. The van der Waals surface area contributed by atoms with Gasteiger partial charge in [-0.15, -0.1) is 0 Å². The van der Waals surface area contributed by atoms with Crippen LogP contribution in [0.15, 0.2) is 18.2 Å². The third kappa shape index (κ3) is 3.26. The number of rotatable bonds is 2. The number of carbonyl (C=O) groups is 2. The van der Waals surface area contributed by atoms with E-state index < -0.39 is 0 Å². The zero-order chi connectivity index (χ0) is 14.5. The molecule has 6 nitrogen and oxygen atoms in total. The minimum Gasteiger partial charge on any atom is -0.338 e. The van der Waals surface area contributed by atoms with Crippen LogP contribution in [0.1, 0.15) is 23.1 Å². The Hall–Kier alpha value is -2.11. The summed E-state index contributed by atoms with van der Waals surface area (Å²) in [5.41, 5.74) is 1.30. The van der Waals surface area contributed by atoms with Crippen molar-refractivity contribution < 1.29 is 9.59 Å². The van der Waals surface area contributed by atoms with Crippen molar-refractivity contribution in [3.8, 4) is 0 Å². The van der Waals surface area contributed by atoms with Gasteiger partial charge in [-0.1, -0.05) is 6.07 Å². The summed E-state index contributed by atoms with van der Waals surface area (Å²) in [6.45, 7) is 6.58. The molecule has 2 rings (SSSR count). The SMILES string of the molecule is CCNC(=O)N1CCN(C(=O)c2cccc(C)n2)CC1. The van der Waals surface area contributed by atoms with Crippen LogP contribution < -0.4 is 5.32 Å². The van der Waals surface area contributed by atoms with Crippen LogP contribution in [0, 0.1) is 6.92 Å². The number of nitrogens with one attached hydrogen (secondary N) is 1. The quantitative estimate of drug-likeness (QED) is 0.872. The lowest BCUT2D eigenvalue weighted by molar-refractivity contribution is 0.0659. The molecule has 1 saturated heterocycles. The normalized spacial score (nSPS) is 15.1. The van der Waals surface area contributed by atoms with Crippen molar-refractivity contribution in [3.63, 3.8) is 0 Å². The third-order valence-electron chi connectivity index (χ3n) is 3.29. The highest BCUT2D eigenvalue weighted by Crippen LogP contribution is 2.08. The van der Waals surface area contributed by atoms with Gasteiger partial charge < -0.3 is 15.1 Å². The Balaban J connectivity index is 1.93. The Bertz CT molecular complexity index is 496. The molecule has 20 heavy (non-hydrogen) atoms. The van der Waals surface area contributed by atoms with Gasteiger partial charge in [0.05, 0.1) is 0 Å². The monoisotopic (exact) mass is 276 g/mol. The van der Waals surface area contributed by atoms with Crippen molar-refractivity contribution in [3.05, 3.63) is 29.6 Å². The molecule has 0 radical (unpaired) electrons. The van der Waals surface area contributed by atoms with Crippen LogP contribution in [0.3, 0.4) is 0 Å². The molecule has 1 fully saturated rings. The van der Waals surface area contributed by atoms with Gasteiger partial charge in [-0.25, -0.2) is 9.78 Å². The fourth-order valence-corrected chi connectivity index (χ4v) is 2.20. The predicted molar refractivity (Wildman–Crippen MR) is 75.5 cm³/mol. The molecule has 0 spiro atoms. The van der Waals surface area contributed by atoms with Gasteiger partial charge in [0.2, 0.25) is 0 Å². The van der Waals surface area contributed by atoms with Crippen LogP contribution in [0.2, 0.25) is 0 Å². The van der Waals surface area contributed by atoms with Gasteiger partial charge in [-0.2, -0.15) is 0 Å². The van der Waals surface area contributed by atoms with Gasteiger partial charge in [0, 0.05) is 38.4 Å². The molecular weight excluding hydrogens is 256 g/mol. The topological polar surface area (TPSA) is 65.5 Å². The Morgan fingerprint density at radius 3 is 2.45 bits per heavy atom. The molecule has 1 aliphatic heterocycles. The second-order valence-corrected chi connectivity index (χ2v) is 4.78. The highest BCUT2D eigenvalue weighted by atomic mass is 16.2. The maximum absolute atomic E-state index is 12.3. The largest absolute Gasteiger partial charge is 0.338 e. The number of aromatic nitrogens is 1. The molecule has 0 saturated carbocycles. The average Bonchev–Trinajstić information content (AvgIpc) is 2.47. The van der Waals surface area contributed by atoms with E-state index in [1.807, 2.05) is 26.0 Å². The number of piperazine rings is 1. The van der Waals surface area contributed by atoms with Crippen molar-refractivity contribution in [2.75, 3.05) is 32.7 Å². The Labute approximate surface area is 118 Å². The second-order valence-electron chi connectivity index (χ2n) is 4.78. The van der Waals surface area contributed by atoms with Gasteiger partial charge in [0.25, 0.3) is 5.91 Å². The number of carbonyl (C=O) groups excluding carboxylic acids is 2. The zero-order valence-electron chi connectivity index (χ0n) is 11.9. The molecule has 1 aromatic rings. The Kier molecular flexibility index (Phi) is 4.55. The highest BCUT2D eigenvalue weighted by molar-refractivity contribution is 5.92. The number of hydrogen-bond acceptors (Lipinski definition) is 3. The molecule has 0 bridgehead atoms. The summed E-state index contributed by atoms with van der Waals surface area (Å²) in [7, 11) is 0. The molecule has 2 heterocycles. The Morgan fingerprint density at radius 2 is 1.85 bits per heavy atom. The zero-order valence-corrected chi connectivity index (χ0v) is 11.9. The number of nitrogens with zero attached hydrogens (tertiary/aromatic N) is 3. The van der Waals surface area contributed by atoms with E-state index in [-0.39, 0.29) is 11.9 Å². The van der Waals surface area contributed by atoms with Gasteiger partial charge in [0.1, 0.15) is 5.69 Å². The molecule has 6 heteroatoms. The van der Waals surface area contributed by atoms with Crippen molar-refractivity contribution in [2.24, 2.45) is 0 Å².